The minimum atomic E-state index is -0.329. The Morgan fingerprint density at radius 2 is 1.62 bits per heavy atom. The van der Waals surface area contributed by atoms with Crippen LogP contribution in [0, 0.1) is 11.8 Å². The highest BCUT2D eigenvalue weighted by molar-refractivity contribution is 6.42. The third kappa shape index (κ3) is 6.71. The highest BCUT2D eigenvalue weighted by atomic mass is 35.5. The van der Waals surface area contributed by atoms with Crippen molar-refractivity contribution in [2.24, 2.45) is 11.8 Å². The molecular weight excluding hydrogens is 569 g/mol. The summed E-state index contributed by atoms with van der Waals surface area (Å²) in [6.45, 7) is 7.18. The van der Waals surface area contributed by atoms with Crippen LogP contribution in [0.5, 0.6) is 0 Å². The molecule has 3 saturated heterocycles. The highest BCUT2D eigenvalue weighted by Crippen LogP contribution is 2.42. The third-order valence-corrected chi connectivity index (χ3v) is 10.8. The van der Waals surface area contributed by atoms with Crippen LogP contribution in [-0.2, 0) is 4.74 Å². The average molecular weight is 613 g/mol. The molecule has 4 aliphatic rings. The zero-order valence-corrected chi connectivity index (χ0v) is 26.1. The van der Waals surface area contributed by atoms with E-state index in [1.807, 2.05) is 9.80 Å². The lowest BCUT2D eigenvalue weighted by Gasteiger charge is -2.52. The molecule has 3 aliphatic heterocycles. The van der Waals surface area contributed by atoms with Crippen LogP contribution in [0.3, 0.4) is 0 Å². The van der Waals surface area contributed by atoms with Crippen molar-refractivity contribution in [2.45, 2.75) is 95.6 Å². The number of carbonyl (C=O) groups is 2. The van der Waals surface area contributed by atoms with Crippen LogP contribution in [-0.4, -0.2) is 77.6 Å². The second-order valence-corrected chi connectivity index (χ2v) is 13.7. The van der Waals surface area contributed by atoms with E-state index in [1.165, 1.54) is 44.9 Å². The predicted molar refractivity (Wildman–Crippen MR) is 162 cm³/mol. The standard InChI is InChI=1S/C31H44Cl3N3O3/c1-2-3-9-23-21-37(20-22-7-5-4-6-8-22)30(39)40-31(23)12-16-35(17-13-31)25-10-14-36(15-11-25)29(38)28-26(33)18-24(32)19-27(28)34/h18-19,22-23,25H,2-17,20-21H2,1H3. The van der Waals surface area contributed by atoms with Gasteiger partial charge in [0.1, 0.15) is 5.60 Å². The average Bonchev–Trinajstić information content (AvgIpc) is 2.94. The number of nitrogens with zero attached hydrogens (tertiary/aromatic N) is 3. The van der Waals surface area contributed by atoms with Crippen LogP contribution in [0.4, 0.5) is 4.79 Å². The van der Waals surface area contributed by atoms with E-state index in [2.05, 4.69) is 11.8 Å². The Morgan fingerprint density at radius 1 is 0.975 bits per heavy atom. The summed E-state index contributed by atoms with van der Waals surface area (Å²) < 4.78 is 6.42. The number of carbonyl (C=O) groups excluding carboxylic acids is 2. The molecule has 1 atom stereocenters. The first kappa shape index (κ1) is 30.3. The van der Waals surface area contributed by atoms with Gasteiger partial charge in [-0.2, -0.15) is 0 Å². The van der Waals surface area contributed by atoms with Crippen molar-refractivity contribution < 1.29 is 14.3 Å². The molecule has 6 nitrogen and oxygen atoms in total. The summed E-state index contributed by atoms with van der Waals surface area (Å²) in [5.74, 6) is 0.908. The van der Waals surface area contributed by atoms with Crippen LogP contribution in [0.1, 0.15) is 94.3 Å². The zero-order chi connectivity index (χ0) is 28.3. The minimum absolute atomic E-state index is 0.0851. The molecule has 1 aromatic carbocycles. The molecular formula is C31H44Cl3N3O3. The summed E-state index contributed by atoms with van der Waals surface area (Å²) in [6, 6.07) is 3.56. The summed E-state index contributed by atoms with van der Waals surface area (Å²) >= 11 is 18.7. The van der Waals surface area contributed by atoms with Gasteiger partial charge >= 0.3 is 6.09 Å². The number of rotatable bonds is 7. The molecule has 0 aromatic heterocycles. The molecule has 2 amide bonds. The summed E-state index contributed by atoms with van der Waals surface area (Å²) in [5.41, 5.74) is 0.00533. The lowest BCUT2D eigenvalue weighted by Crippen LogP contribution is -2.61. The van der Waals surface area contributed by atoms with E-state index in [9.17, 15) is 9.59 Å². The molecule has 0 N–H and O–H groups in total. The second kappa shape index (κ2) is 13.4. The maximum atomic E-state index is 13.3. The van der Waals surface area contributed by atoms with E-state index in [4.69, 9.17) is 39.5 Å². The molecule has 1 unspecified atom stereocenters. The fourth-order valence-electron chi connectivity index (χ4n) is 7.58. The Kier molecular flexibility index (Phi) is 10.1. The fraction of sp³-hybridized carbons (Fsp3) is 0.742. The molecule has 0 bridgehead atoms. The van der Waals surface area contributed by atoms with Gasteiger partial charge in [0.2, 0.25) is 0 Å². The molecule has 9 heteroatoms. The predicted octanol–water partition coefficient (Wildman–Crippen LogP) is 7.92. The fourth-order valence-corrected chi connectivity index (χ4v) is 8.56. The van der Waals surface area contributed by atoms with Crippen molar-refractivity contribution >= 4 is 46.8 Å². The van der Waals surface area contributed by atoms with Gasteiger partial charge in [-0.25, -0.2) is 4.79 Å². The number of benzene rings is 1. The Hall–Kier alpha value is -1.21. The molecule has 0 radical (unpaired) electrons. The number of halogens is 3. The van der Waals surface area contributed by atoms with Crippen molar-refractivity contribution in [1.82, 2.24) is 14.7 Å². The minimum Gasteiger partial charge on any atom is -0.442 e. The van der Waals surface area contributed by atoms with Crippen LogP contribution in [0.25, 0.3) is 0 Å². The smallest absolute Gasteiger partial charge is 0.410 e. The first-order valence-corrected chi connectivity index (χ1v) is 16.6. The Morgan fingerprint density at radius 3 is 2.25 bits per heavy atom. The maximum Gasteiger partial charge on any atom is 0.410 e. The number of hydrogen-bond acceptors (Lipinski definition) is 4. The zero-order valence-electron chi connectivity index (χ0n) is 23.8. The molecule has 1 saturated carbocycles. The topological polar surface area (TPSA) is 53.1 Å². The molecule has 1 aromatic rings. The van der Waals surface area contributed by atoms with Gasteiger partial charge in [-0.3, -0.25) is 9.69 Å². The van der Waals surface area contributed by atoms with E-state index < -0.39 is 0 Å². The molecule has 1 aliphatic carbocycles. The van der Waals surface area contributed by atoms with Gasteiger partial charge in [0, 0.05) is 69.1 Å². The normalized spacial score (nSPS) is 24.9. The van der Waals surface area contributed by atoms with E-state index in [0.717, 1.165) is 58.3 Å². The highest BCUT2D eigenvalue weighted by Gasteiger charge is 2.50. The lowest BCUT2D eigenvalue weighted by atomic mass is 9.75. The molecule has 4 fully saturated rings. The van der Waals surface area contributed by atoms with Crippen molar-refractivity contribution in [3.8, 4) is 0 Å². The number of hydrogen-bond donors (Lipinski definition) is 0. The Labute approximate surface area is 254 Å². The monoisotopic (exact) mass is 611 g/mol. The summed E-state index contributed by atoms with van der Waals surface area (Å²) in [4.78, 5) is 32.9. The van der Waals surface area contributed by atoms with Crippen molar-refractivity contribution in [3.05, 3.63) is 32.8 Å². The van der Waals surface area contributed by atoms with Gasteiger partial charge in [0.15, 0.2) is 0 Å². The molecule has 1 spiro atoms. The van der Waals surface area contributed by atoms with Crippen LogP contribution >= 0.6 is 34.8 Å². The quantitative estimate of drug-likeness (QED) is 0.314. The molecule has 5 rings (SSSR count). The lowest BCUT2D eigenvalue weighted by molar-refractivity contribution is -0.127. The van der Waals surface area contributed by atoms with Gasteiger partial charge in [-0.1, -0.05) is 73.8 Å². The molecule has 222 valence electrons. The number of likely N-dealkylation sites (tertiary alicyclic amines) is 2. The van der Waals surface area contributed by atoms with E-state index in [0.29, 0.717) is 51.6 Å². The van der Waals surface area contributed by atoms with E-state index in [-0.39, 0.29) is 17.6 Å². The number of amides is 2. The molecule has 3 heterocycles. The third-order valence-electron chi connectivity index (χ3n) is 9.98. The first-order chi connectivity index (χ1) is 19.3. The SMILES string of the molecule is CCCCC1CN(CC2CCCCC2)C(=O)OC12CCN(C1CCN(C(=O)c3c(Cl)cc(Cl)cc3Cl)CC1)CC2. The van der Waals surface area contributed by atoms with Gasteiger partial charge < -0.3 is 14.5 Å². The van der Waals surface area contributed by atoms with E-state index >= 15 is 0 Å². The largest absolute Gasteiger partial charge is 0.442 e. The summed E-state index contributed by atoms with van der Waals surface area (Å²) in [7, 11) is 0. The van der Waals surface area contributed by atoms with Crippen LogP contribution < -0.4 is 0 Å². The number of unbranched alkanes of at least 4 members (excludes halogenated alkanes) is 1. The summed E-state index contributed by atoms with van der Waals surface area (Å²) in [5, 5.41) is 1.01. The van der Waals surface area contributed by atoms with E-state index in [1.54, 1.807) is 12.1 Å². The van der Waals surface area contributed by atoms with Gasteiger partial charge in [0.25, 0.3) is 5.91 Å². The first-order valence-electron chi connectivity index (χ1n) is 15.5. The Balaban J connectivity index is 1.16. The second-order valence-electron chi connectivity index (χ2n) is 12.5. The molecule has 40 heavy (non-hydrogen) atoms. The Bertz CT molecular complexity index is 1020. The summed E-state index contributed by atoms with van der Waals surface area (Å²) in [6.07, 6.45) is 13.4. The van der Waals surface area contributed by atoms with Crippen LogP contribution in [0.2, 0.25) is 15.1 Å². The van der Waals surface area contributed by atoms with Crippen molar-refractivity contribution in [2.75, 3.05) is 39.3 Å². The van der Waals surface area contributed by atoms with Crippen molar-refractivity contribution in [3.63, 3.8) is 0 Å². The number of ether oxygens (including phenoxy) is 1. The van der Waals surface area contributed by atoms with Gasteiger partial charge in [-0.15, -0.1) is 0 Å². The number of piperidine rings is 2. The maximum absolute atomic E-state index is 13.3. The van der Waals surface area contributed by atoms with Gasteiger partial charge in [0.05, 0.1) is 15.6 Å². The van der Waals surface area contributed by atoms with Crippen LogP contribution in [0.15, 0.2) is 12.1 Å². The van der Waals surface area contributed by atoms with Gasteiger partial charge in [-0.05, 0) is 50.2 Å². The van der Waals surface area contributed by atoms with Crippen molar-refractivity contribution in [1.29, 1.82) is 0 Å².